The van der Waals surface area contributed by atoms with Crippen molar-refractivity contribution in [1.29, 1.82) is 0 Å². The van der Waals surface area contributed by atoms with E-state index < -0.39 is 5.91 Å². The Balaban J connectivity index is 1.80. The SMILES string of the molecule is CNC(=O)c1cccc(NC(=O)CN2C(=O)COc3ccc(Cl)cc32)c1C. The van der Waals surface area contributed by atoms with Crippen LogP contribution in [0.1, 0.15) is 15.9 Å². The summed E-state index contributed by atoms with van der Waals surface area (Å²) in [7, 11) is 1.54. The molecule has 3 rings (SSSR count). The van der Waals surface area contributed by atoms with Crippen molar-refractivity contribution in [2.45, 2.75) is 6.92 Å². The second-order valence-corrected chi connectivity index (χ2v) is 6.42. The summed E-state index contributed by atoms with van der Waals surface area (Å²) in [5.41, 5.74) is 2.06. The number of halogens is 1. The normalized spacial score (nSPS) is 12.9. The van der Waals surface area contributed by atoms with Gasteiger partial charge in [0.1, 0.15) is 12.3 Å². The number of fused-ring (bicyclic) bond motifs is 1. The third-order valence-electron chi connectivity index (χ3n) is 4.25. The van der Waals surface area contributed by atoms with Gasteiger partial charge in [-0.25, -0.2) is 0 Å². The van der Waals surface area contributed by atoms with Gasteiger partial charge in [0.25, 0.3) is 11.8 Å². The highest BCUT2D eigenvalue weighted by Crippen LogP contribution is 2.34. The molecule has 0 bridgehead atoms. The third-order valence-corrected chi connectivity index (χ3v) is 4.48. The van der Waals surface area contributed by atoms with E-state index in [1.54, 1.807) is 50.4 Å². The summed E-state index contributed by atoms with van der Waals surface area (Å²) in [6.45, 7) is 1.40. The molecule has 7 nitrogen and oxygen atoms in total. The molecule has 0 saturated carbocycles. The van der Waals surface area contributed by atoms with Crippen molar-refractivity contribution in [2.24, 2.45) is 0 Å². The molecule has 8 heteroatoms. The van der Waals surface area contributed by atoms with Gasteiger partial charge in [0, 0.05) is 23.3 Å². The zero-order valence-corrected chi connectivity index (χ0v) is 15.6. The molecule has 0 unspecified atom stereocenters. The molecule has 0 aromatic heterocycles. The number of ether oxygens (including phenoxy) is 1. The molecule has 0 saturated heterocycles. The Morgan fingerprint density at radius 2 is 2.04 bits per heavy atom. The number of carbonyl (C=O) groups excluding carboxylic acids is 3. The molecule has 140 valence electrons. The fourth-order valence-electron chi connectivity index (χ4n) is 2.83. The predicted octanol–water partition coefficient (Wildman–Crippen LogP) is 2.37. The number of rotatable bonds is 4. The Kier molecular flexibility index (Phi) is 5.32. The Labute approximate surface area is 161 Å². The fourth-order valence-corrected chi connectivity index (χ4v) is 3.00. The monoisotopic (exact) mass is 387 g/mol. The van der Waals surface area contributed by atoms with Gasteiger partial charge in [-0.2, -0.15) is 0 Å². The Morgan fingerprint density at radius 3 is 2.78 bits per heavy atom. The first-order valence-corrected chi connectivity index (χ1v) is 8.62. The van der Waals surface area contributed by atoms with Gasteiger partial charge in [0.15, 0.2) is 6.61 Å². The number of nitrogens with one attached hydrogen (secondary N) is 2. The summed E-state index contributed by atoms with van der Waals surface area (Å²) >= 11 is 6.01. The van der Waals surface area contributed by atoms with E-state index in [4.69, 9.17) is 16.3 Å². The number of benzene rings is 2. The zero-order valence-electron chi connectivity index (χ0n) is 14.8. The van der Waals surface area contributed by atoms with E-state index in [2.05, 4.69) is 10.6 Å². The minimum absolute atomic E-state index is 0.146. The smallest absolute Gasteiger partial charge is 0.265 e. The molecular weight excluding hydrogens is 370 g/mol. The van der Waals surface area contributed by atoms with Gasteiger partial charge in [-0.05, 0) is 42.8 Å². The number of anilines is 2. The van der Waals surface area contributed by atoms with Crippen LogP contribution in [-0.2, 0) is 9.59 Å². The third kappa shape index (κ3) is 3.88. The number of hydrogen-bond donors (Lipinski definition) is 2. The second-order valence-electron chi connectivity index (χ2n) is 5.99. The molecule has 2 aromatic rings. The van der Waals surface area contributed by atoms with E-state index in [9.17, 15) is 14.4 Å². The standard InChI is InChI=1S/C19H18ClN3O4/c1-11-13(19(26)21-2)4-3-5-14(11)22-17(24)9-23-15-8-12(20)6-7-16(15)27-10-18(23)25/h3-8H,9-10H2,1-2H3,(H,21,26)(H,22,24). The van der Waals surface area contributed by atoms with E-state index in [1.165, 1.54) is 4.90 Å². The van der Waals surface area contributed by atoms with Crippen molar-refractivity contribution in [3.8, 4) is 5.75 Å². The molecule has 0 fully saturated rings. The van der Waals surface area contributed by atoms with Gasteiger partial charge >= 0.3 is 0 Å². The Bertz CT molecular complexity index is 929. The number of nitrogens with zero attached hydrogens (tertiary/aromatic N) is 1. The minimum Gasteiger partial charge on any atom is -0.482 e. The molecule has 0 spiro atoms. The highest BCUT2D eigenvalue weighted by molar-refractivity contribution is 6.31. The van der Waals surface area contributed by atoms with E-state index in [1.807, 2.05) is 0 Å². The summed E-state index contributed by atoms with van der Waals surface area (Å²) in [5, 5.41) is 5.75. The van der Waals surface area contributed by atoms with Crippen molar-refractivity contribution in [1.82, 2.24) is 5.32 Å². The molecule has 1 aliphatic heterocycles. The highest BCUT2D eigenvalue weighted by atomic mass is 35.5. The lowest BCUT2D eigenvalue weighted by Gasteiger charge is -2.29. The van der Waals surface area contributed by atoms with E-state index in [0.29, 0.717) is 33.3 Å². The molecule has 2 aromatic carbocycles. The molecule has 0 aliphatic carbocycles. The van der Waals surface area contributed by atoms with Crippen molar-refractivity contribution in [3.05, 3.63) is 52.5 Å². The van der Waals surface area contributed by atoms with Crippen LogP contribution in [-0.4, -0.2) is 37.9 Å². The van der Waals surface area contributed by atoms with Crippen LogP contribution in [0.3, 0.4) is 0 Å². The summed E-state index contributed by atoms with van der Waals surface area (Å²) in [4.78, 5) is 38.0. The first kappa shape index (κ1) is 18.7. The van der Waals surface area contributed by atoms with Crippen LogP contribution in [0.15, 0.2) is 36.4 Å². The number of hydrogen-bond acceptors (Lipinski definition) is 4. The van der Waals surface area contributed by atoms with E-state index in [-0.39, 0.29) is 25.0 Å². The summed E-state index contributed by atoms with van der Waals surface area (Å²) < 4.78 is 5.37. The van der Waals surface area contributed by atoms with Gasteiger partial charge in [-0.1, -0.05) is 17.7 Å². The fraction of sp³-hybridized carbons (Fsp3) is 0.211. The van der Waals surface area contributed by atoms with Crippen molar-refractivity contribution in [3.63, 3.8) is 0 Å². The Morgan fingerprint density at radius 1 is 1.26 bits per heavy atom. The average molecular weight is 388 g/mol. The number of amides is 3. The molecular formula is C19H18ClN3O4. The lowest BCUT2D eigenvalue weighted by molar-refractivity contribution is -0.123. The van der Waals surface area contributed by atoms with Gasteiger partial charge in [0.2, 0.25) is 5.91 Å². The predicted molar refractivity (Wildman–Crippen MR) is 102 cm³/mol. The topological polar surface area (TPSA) is 87.7 Å². The maximum atomic E-state index is 12.5. The molecule has 27 heavy (non-hydrogen) atoms. The van der Waals surface area contributed by atoms with Gasteiger partial charge in [-0.3, -0.25) is 19.3 Å². The Hall–Kier alpha value is -3.06. The maximum Gasteiger partial charge on any atom is 0.265 e. The van der Waals surface area contributed by atoms with Crippen LogP contribution >= 0.6 is 11.6 Å². The second kappa shape index (κ2) is 7.67. The quantitative estimate of drug-likeness (QED) is 0.843. The molecule has 1 aliphatic rings. The first-order valence-electron chi connectivity index (χ1n) is 8.25. The van der Waals surface area contributed by atoms with Gasteiger partial charge in [-0.15, -0.1) is 0 Å². The number of carbonyl (C=O) groups is 3. The largest absolute Gasteiger partial charge is 0.482 e. The first-order chi connectivity index (χ1) is 12.9. The minimum atomic E-state index is -0.395. The van der Waals surface area contributed by atoms with Gasteiger partial charge < -0.3 is 15.4 Å². The zero-order chi connectivity index (χ0) is 19.6. The van der Waals surface area contributed by atoms with Crippen molar-refractivity contribution >= 4 is 40.7 Å². The van der Waals surface area contributed by atoms with Crippen LogP contribution in [0.4, 0.5) is 11.4 Å². The van der Waals surface area contributed by atoms with Crippen LogP contribution in [0, 0.1) is 6.92 Å². The molecule has 1 heterocycles. The van der Waals surface area contributed by atoms with Crippen molar-refractivity contribution < 1.29 is 19.1 Å². The summed E-state index contributed by atoms with van der Waals surface area (Å²) in [5.74, 6) is -0.482. The summed E-state index contributed by atoms with van der Waals surface area (Å²) in [6, 6.07) is 9.95. The van der Waals surface area contributed by atoms with E-state index in [0.717, 1.165) is 0 Å². The average Bonchev–Trinajstić information content (AvgIpc) is 2.65. The van der Waals surface area contributed by atoms with Gasteiger partial charge in [0.05, 0.1) is 5.69 Å². The lowest BCUT2D eigenvalue weighted by atomic mass is 10.1. The molecule has 3 amide bonds. The highest BCUT2D eigenvalue weighted by Gasteiger charge is 2.27. The van der Waals surface area contributed by atoms with Crippen LogP contribution in [0.5, 0.6) is 5.75 Å². The lowest BCUT2D eigenvalue weighted by Crippen LogP contribution is -2.43. The maximum absolute atomic E-state index is 12.5. The van der Waals surface area contributed by atoms with E-state index >= 15 is 0 Å². The summed E-state index contributed by atoms with van der Waals surface area (Å²) in [6.07, 6.45) is 0. The van der Waals surface area contributed by atoms with Crippen molar-refractivity contribution in [2.75, 3.05) is 30.4 Å². The molecule has 0 atom stereocenters. The van der Waals surface area contributed by atoms with Crippen LogP contribution in [0.25, 0.3) is 0 Å². The van der Waals surface area contributed by atoms with Crippen LogP contribution < -0.4 is 20.3 Å². The van der Waals surface area contributed by atoms with Crippen LogP contribution in [0.2, 0.25) is 5.02 Å². The molecule has 2 N–H and O–H groups in total. The molecule has 0 radical (unpaired) electrons.